The lowest BCUT2D eigenvalue weighted by atomic mass is 9.82. The molecule has 0 heterocycles. The van der Waals surface area contributed by atoms with Gasteiger partial charge in [-0.25, -0.2) is 4.79 Å². The molecule has 2 atom stereocenters. The number of carbonyl (C=O) groups excluding carboxylic acids is 2. The number of hydrogen-bond acceptors (Lipinski definition) is 3. The molecule has 1 aliphatic carbocycles. The van der Waals surface area contributed by atoms with Gasteiger partial charge in [-0.05, 0) is 46.5 Å². The number of carbonyl (C=O) groups is 2. The Kier molecular flexibility index (Phi) is 6.30. The lowest BCUT2D eigenvalue weighted by Gasteiger charge is -2.32. The van der Waals surface area contributed by atoms with Gasteiger partial charge >= 0.3 is 6.09 Å². The lowest BCUT2D eigenvalue weighted by Crippen LogP contribution is -2.45. The van der Waals surface area contributed by atoms with E-state index in [2.05, 4.69) is 10.6 Å². The maximum atomic E-state index is 11.9. The first kappa shape index (κ1) is 16.8. The Labute approximate surface area is 121 Å². The quantitative estimate of drug-likeness (QED) is 0.834. The second-order valence-corrected chi connectivity index (χ2v) is 6.45. The third-order valence-electron chi connectivity index (χ3n) is 3.43. The van der Waals surface area contributed by atoms with E-state index < -0.39 is 5.60 Å². The van der Waals surface area contributed by atoms with Gasteiger partial charge in [-0.1, -0.05) is 12.8 Å². The van der Waals surface area contributed by atoms with Crippen molar-refractivity contribution in [3.63, 3.8) is 0 Å². The summed E-state index contributed by atoms with van der Waals surface area (Å²) in [6.45, 7) is 8.10. The molecule has 2 unspecified atom stereocenters. The molecule has 5 heteroatoms. The van der Waals surface area contributed by atoms with Gasteiger partial charge in [0, 0.05) is 19.0 Å². The van der Waals surface area contributed by atoms with Gasteiger partial charge in [0.1, 0.15) is 5.60 Å². The Bertz CT molecular complexity index is 337. The van der Waals surface area contributed by atoms with Gasteiger partial charge < -0.3 is 15.4 Å². The Morgan fingerprint density at radius 3 is 2.45 bits per heavy atom. The first-order chi connectivity index (χ1) is 9.31. The molecule has 116 valence electrons. The molecule has 0 aromatic heterocycles. The van der Waals surface area contributed by atoms with Crippen molar-refractivity contribution in [2.24, 2.45) is 5.92 Å². The smallest absolute Gasteiger partial charge is 0.407 e. The Balaban J connectivity index is 2.51. The Morgan fingerprint density at radius 2 is 1.85 bits per heavy atom. The Hall–Kier alpha value is -1.26. The number of amides is 2. The molecule has 0 aromatic rings. The van der Waals surface area contributed by atoms with Crippen LogP contribution in [0.1, 0.15) is 59.8 Å². The largest absolute Gasteiger partial charge is 0.444 e. The predicted octanol–water partition coefficient (Wildman–Crippen LogP) is 2.60. The summed E-state index contributed by atoms with van der Waals surface area (Å²) in [5.74, 6) is 0.276. The number of nitrogens with one attached hydrogen (secondary N) is 2. The van der Waals surface area contributed by atoms with Crippen molar-refractivity contribution in [3.8, 4) is 0 Å². The van der Waals surface area contributed by atoms with E-state index in [0.29, 0.717) is 13.0 Å². The van der Waals surface area contributed by atoms with Gasteiger partial charge in [-0.2, -0.15) is 0 Å². The molecule has 0 aliphatic heterocycles. The molecule has 1 rings (SSSR count). The van der Waals surface area contributed by atoms with Crippen LogP contribution >= 0.6 is 0 Å². The van der Waals surface area contributed by atoms with E-state index in [4.69, 9.17) is 4.74 Å². The van der Waals surface area contributed by atoms with E-state index in [1.54, 1.807) is 0 Å². The highest BCUT2D eigenvalue weighted by molar-refractivity contribution is 5.76. The van der Waals surface area contributed by atoms with E-state index in [9.17, 15) is 9.59 Å². The van der Waals surface area contributed by atoms with Crippen LogP contribution in [0.25, 0.3) is 0 Å². The molecule has 1 aliphatic rings. The number of rotatable bonds is 4. The third kappa shape index (κ3) is 6.26. The average Bonchev–Trinajstić information content (AvgIpc) is 2.29. The highest BCUT2D eigenvalue weighted by atomic mass is 16.6. The number of ether oxygens (including phenoxy) is 1. The van der Waals surface area contributed by atoms with Crippen molar-refractivity contribution in [2.45, 2.75) is 71.4 Å². The normalized spacial score (nSPS) is 23.0. The molecule has 5 nitrogen and oxygen atoms in total. The molecule has 0 bridgehead atoms. The van der Waals surface area contributed by atoms with E-state index >= 15 is 0 Å². The van der Waals surface area contributed by atoms with Gasteiger partial charge in [0.15, 0.2) is 0 Å². The minimum absolute atomic E-state index is 0.0428. The Morgan fingerprint density at radius 1 is 1.20 bits per heavy atom. The van der Waals surface area contributed by atoms with Crippen LogP contribution in [-0.2, 0) is 9.53 Å². The lowest BCUT2D eigenvalue weighted by molar-refractivity contribution is -0.122. The van der Waals surface area contributed by atoms with Crippen molar-refractivity contribution in [1.82, 2.24) is 10.6 Å². The van der Waals surface area contributed by atoms with Crippen LogP contribution in [0, 0.1) is 5.92 Å². The summed E-state index contributed by atoms with van der Waals surface area (Å²) in [5.41, 5.74) is -0.492. The van der Waals surface area contributed by atoms with Crippen molar-refractivity contribution < 1.29 is 14.3 Å². The number of alkyl carbamates (subject to hydrolysis) is 1. The van der Waals surface area contributed by atoms with Gasteiger partial charge in [0.25, 0.3) is 0 Å². The molecular formula is C15H28N2O3. The molecule has 0 spiro atoms. The van der Waals surface area contributed by atoms with Crippen LogP contribution in [0.5, 0.6) is 0 Å². The summed E-state index contributed by atoms with van der Waals surface area (Å²) in [5, 5.41) is 5.75. The zero-order valence-electron chi connectivity index (χ0n) is 13.1. The molecule has 1 saturated carbocycles. The molecule has 2 N–H and O–H groups in total. The van der Waals surface area contributed by atoms with Crippen LogP contribution < -0.4 is 10.6 Å². The van der Waals surface area contributed by atoms with Crippen LogP contribution in [-0.4, -0.2) is 30.2 Å². The summed E-state index contributed by atoms with van der Waals surface area (Å²) in [6.07, 6.45) is 4.21. The SMILES string of the molecule is CCNC(=O)CC1CCCCC1NC(=O)OC(C)(C)C. The van der Waals surface area contributed by atoms with Crippen molar-refractivity contribution >= 4 is 12.0 Å². The molecule has 0 saturated heterocycles. The fourth-order valence-corrected chi connectivity index (χ4v) is 2.61. The molecule has 0 aromatic carbocycles. The average molecular weight is 284 g/mol. The fourth-order valence-electron chi connectivity index (χ4n) is 2.61. The van der Waals surface area contributed by atoms with Gasteiger partial charge in [0.2, 0.25) is 5.91 Å². The van der Waals surface area contributed by atoms with Gasteiger partial charge in [-0.3, -0.25) is 4.79 Å². The van der Waals surface area contributed by atoms with E-state index in [0.717, 1.165) is 25.7 Å². The monoisotopic (exact) mass is 284 g/mol. The summed E-state index contributed by atoms with van der Waals surface area (Å²) in [7, 11) is 0. The first-order valence-corrected chi connectivity index (χ1v) is 7.58. The topological polar surface area (TPSA) is 67.4 Å². The molecular weight excluding hydrogens is 256 g/mol. The highest BCUT2D eigenvalue weighted by Crippen LogP contribution is 2.27. The molecule has 20 heavy (non-hydrogen) atoms. The first-order valence-electron chi connectivity index (χ1n) is 7.58. The van der Waals surface area contributed by atoms with Crippen LogP contribution in [0.4, 0.5) is 4.79 Å². The van der Waals surface area contributed by atoms with E-state index in [1.807, 2.05) is 27.7 Å². The maximum Gasteiger partial charge on any atom is 0.407 e. The van der Waals surface area contributed by atoms with Crippen molar-refractivity contribution in [1.29, 1.82) is 0 Å². The summed E-state index contributed by atoms with van der Waals surface area (Å²) in [4.78, 5) is 23.6. The molecule has 2 amide bonds. The van der Waals surface area contributed by atoms with Crippen molar-refractivity contribution in [2.75, 3.05) is 6.54 Å². The summed E-state index contributed by atoms with van der Waals surface area (Å²) >= 11 is 0. The van der Waals surface area contributed by atoms with Crippen LogP contribution in [0.15, 0.2) is 0 Å². The minimum atomic E-state index is -0.492. The second-order valence-electron chi connectivity index (χ2n) is 6.45. The van der Waals surface area contributed by atoms with Gasteiger partial charge in [-0.15, -0.1) is 0 Å². The predicted molar refractivity (Wildman–Crippen MR) is 78.4 cm³/mol. The summed E-state index contributed by atoms with van der Waals surface area (Å²) in [6, 6.07) is 0.0428. The molecule has 0 radical (unpaired) electrons. The van der Waals surface area contributed by atoms with E-state index in [-0.39, 0.29) is 24.0 Å². The zero-order chi connectivity index (χ0) is 15.2. The standard InChI is InChI=1S/C15H28N2O3/c1-5-16-13(18)10-11-8-6-7-9-12(11)17-14(19)20-15(2,3)4/h11-12H,5-10H2,1-4H3,(H,16,18)(H,17,19). The van der Waals surface area contributed by atoms with Crippen LogP contribution in [0.2, 0.25) is 0 Å². The number of hydrogen-bond donors (Lipinski definition) is 2. The molecule has 1 fully saturated rings. The van der Waals surface area contributed by atoms with Gasteiger partial charge in [0.05, 0.1) is 0 Å². The zero-order valence-corrected chi connectivity index (χ0v) is 13.1. The fraction of sp³-hybridized carbons (Fsp3) is 0.867. The third-order valence-corrected chi connectivity index (χ3v) is 3.43. The van der Waals surface area contributed by atoms with Crippen molar-refractivity contribution in [3.05, 3.63) is 0 Å². The summed E-state index contributed by atoms with van der Waals surface area (Å²) < 4.78 is 5.29. The maximum absolute atomic E-state index is 11.9. The minimum Gasteiger partial charge on any atom is -0.444 e. The second kappa shape index (κ2) is 7.50. The van der Waals surface area contributed by atoms with Crippen LogP contribution in [0.3, 0.4) is 0 Å². The highest BCUT2D eigenvalue weighted by Gasteiger charge is 2.29. The van der Waals surface area contributed by atoms with E-state index in [1.165, 1.54) is 0 Å².